The quantitative estimate of drug-likeness (QED) is 0.0606. The second-order valence-corrected chi connectivity index (χ2v) is 44.7. The fraction of sp³-hybridized carbons (Fsp3) is 0.00826. The van der Waals surface area contributed by atoms with E-state index in [0.29, 0.717) is 0 Å². The van der Waals surface area contributed by atoms with Gasteiger partial charge in [-0.3, -0.25) is 10.5 Å². The lowest BCUT2D eigenvalue weighted by atomic mass is 9.87. The maximum absolute atomic E-state index is 16.2. The Morgan fingerprint density at radius 2 is 0.443 bits per heavy atom. The third kappa shape index (κ3) is 16.0. The molecule has 1 unspecified atom stereocenters. The Morgan fingerprint density at radius 1 is 0.198 bits per heavy atom. The Hall–Kier alpha value is -14.1. The van der Waals surface area contributed by atoms with Gasteiger partial charge in [-0.25, -0.2) is 0 Å². The maximum Gasteiger partial charge on any atom is 0.172 e. The molecule has 1 heterocycles. The molecule has 0 saturated heterocycles. The van der Waals surface area contributed by atoms with Crippen LogP contribution in [0, 0.1) is 0 Å². The molecule has 0 radical (unpaired) electrons. The van der Waals surface area contributed by atoms with Gasteiger partial charge in [0.05, 0.1) is 0 Å². The van der Waals surface area contributed by atoms with Crippen LogP contribution >= 0.6 is 37.3 Å². The topological polar surface area (TPSA) is 91.7 Å². The van der Waals surface area contributed by atoms with Crippen LogP contribution < -0.4 is 79.6 Å². The van der Waals surface area contributed by atoms with Crippen LogP contribution in [0.4, 0.5) is 0 Å². The summed E-state index contributed by atoms with van der Waals surface area (Å²) in [4.78, 5) is 0. The average molecular weight is 1780 g/mol. The van der Waals surface area contributed by atoms with Crippen LogP contribution in [0.15, 0.2) is 516 Å². The van der Waals surface area contributed by atoms with Crippen molar-refractivity contribution in [3.63, 3.8) is 0 Å². The van der Waals surface area contributed by atoms with E-state index in [0.717, 1.165) is 108 Å². The molecule has 0 aromatic heterocycles. The molecule has 1 aliphatic heterocycles. The number of rotatable bonds is 15. The molecule has 22 aromatic rings. The highest BCUT2D eigenvalue weighted by Gasteiger charge is 2.41. The summed E-state index contributed by atoms with van der Waals surface area (Å²) in [5.41, 5.74) is 8.85. The first-order valence-corrected chi connectivity index (χ1v) is 51.4. The summed E-state index contributed by atoms with van der Waals surface area (Å²) in [6.07, 6.45) is 0. The van der Waals surface area contributed by atoms with Crippen molar-refractivity contribution in [3.05, 3.63) is 516 Å². The Balaban J connectivity index is 0.000000127. The van der Waals surface area contributed by atoms with Gasteiger partial charge < -0.3 is 13.7 Å². The summed E-state index contributed by atoms with van der Waals surface area (Å²) >= 11 is 0. The molecule has 1 aliphatic rings. The van der Waals surface area contributed by atoms with Crippen molar-refractivity contribution in [2.45, 2.75) is 7.43 Å². The van der Waals surface area contributed by atoms with Gasteiger partial charge in [-0.2, -0.15) is 0 Å². The lowest BCUT2D eigenvalue weighted by molar-refractivity contribution is -0.176. The molecular formula is C121H91O5P5. The highest BCUT2D eigenvalue weighted by atomic mass is 31.2. The average Bonchev–Trinajstić information content (AvgIpc) is 1.71. The highest BCUT2D eigenvalue weighted by molar-refractivity contribution is 7.87. The SMILES string of the molecule is C.O=P(c1ccccc1)(c1ccccc1)c1ccc2ccccc2c1-c1c(P(=O)(c2ccccc2)c2ccccc2)ccc2ccccc12.O=P1(c2ccccc2)c2ccccc2-c2ccc3ccccc3c2-c2c1ccc1ccccc21.OO.c1ccc(P(c2ccccc2)c2ccc3ccccc3c2-c2c(P(c3ccccc3)c3ccccc3)ccc3ccccc23)cc1. The molecule has 0 bridgehead atoms. The summed E-state index contributed by atoms with van der Waals surface area (Å²) < 4.78 is 48.0. The second kappa shape index (κ2) is 38.3. The first-order chi connectivity index (χ1) is 64.2. The van der Waals surface area contributed by atoms with Crippen molar-refractivity contribution in [3.8, 4) is 44.5 Å². The molecule has 2 N–H and O–H groups in total. The lowest BCUT2D eigenvalue weighted by Gasteiger charge is -2.28. The zero-order chi connectivity index (χ0) is 88.0. The van der Waals surface area contributed by atoms with E-state index in [1.54, 1.807) is 0 Å². The zero-order valence-electron chi connectivity index (χ0n) is 70.9. The van der Waals surface area contributed by atoms with Crippen LogP contribution in [0.5, 0.6) is 0 Å². The van der Waals surface area contributed by atoms with Crippen molar-refractivity contribution < 1.29 is 24.2 Å². The van der Waals surface area contributed by atoms with Crippen molar-refractivity contribution >= 4 is 181 Å². The van der Waals surface area contributed by atoms with Gasteiger partial charge in [0.2, 0.25) is 0 Å². The fourth-order valence-corrected chi connectivity index (χ4v) is 32.9. The monoisotopic (exact) mass is 1780 g/mol. The van der Waals surface area contributed by atoms with E-state index in [4.69, 9.17) is 10.5 Å². The van der Waals surface area contributed by atoms with Gasteiger partial charge in [0.15, 0.2) is 21.4 Å². The molecule has 0 fully saturated rings. The summed E-state index contributed by atoms with van der Waals surface area (Å²) in [6.45, 7) is 0. The molecule has 630 valence electrons. The molecule has 0 spiro atoms. The van der Waals surface area contributed by atoms with E-state index in [1.165, 1.54) is 80.8 Å². The van der Waals surface area contributed by atoms with Crippen molar-refractivity contribution in [1.82, 2.24) is 0 Å². The predicted molar refractivity (Wildman–Crippen MR) is 567 cm³/mol. The van der Waals surface area contributed by atoms with Crippen molar-refractivity contribution in [2.24, 2.45) is 0 Å². The van der Waals surface area contributed by atoms with Gasteiger partial charge in [-0.15, -0.1) is 0 Å². The summed E-state index contributed by atoms with van der Waals surface area (Å²) in [7, 11) is -11.8. The Morgan fingerprint density at radius 3 is 0.779 bits per heavy atom. The maximum atomic E-state index is 16.2. The van der Waals surface area contributed by atoms with Gasteiger partial charge in [0, 0.05) is 64.4 Å². The van der Waals surface area contributed by atoms with E-state index < -0.39 is 37.3 Å². The Bertz CT molecular complexity index is 7530. The molecule has 5 nitrogen and oxygen atoms in total. The van der Waals surface area contributed by atoms with Crippen LogP contribution in [0.1, 0.15) is 7.43 Å². The van der Waals surface area contributed by atoms with Crippen LogP contribution in [0.3, 0.4) is 0 Å². The fourth-order valence-electron chi connectivity index (χ4n) is 19.1. The Kier molecular flexibility index (Phi) is 25.2. The zero-order valence-corrected chi connectivity index (χ0v) is 75.4. The third-order valence-corrected chi connectivity index (χ3v) is 39.2. The van der Waals surface area contributed by atoms with Crippen molar-refractivity contribution in [2.75, 3.05) is 0 Å². The van der Waals surface area contributed by atoms with Crippen LogP contribution in [-0.4, -0.2) is 10.5 Å². The van der Waals surface area contributed by atoms with E-state index >= 15 is 13.7 Å². The number of fused-ring (bicyclic) bond motifs is 13. The predicted octanol–water partition coefficient (Wildman–Crippen LogP) is 26.0. The molecule has 0 amide bonds. The molecule has 0 aliphatic carbocycles. The molecule has 23 rings (SSSR count). The van der Waals surface area contributed by atoms with Gasteiger partial charge in [-0.05, 0) is 158 Å². The normalized spacial score (nSPS) is 12.7. The first-order valence-electron chi connectivity index (χ1n) is 43.6. The minimum Gasteiger partial charge on any atom is -0.309 e. The first kappa shape index (κ1) is 86.3. The minimum atomic E-state index is -3.47. The minimum absolute atomic E-state index is 0. The van der Waals surface area contributed by atoms with E-state index in [1.807, 2.05) is 194 Å². The summed E-state index contributed by atoms with van der Waals surface area (Å²) in [5, 5.41) is 41.2. The largest absolute Gasteiger partial charge is 0.309 e. The third-order valence-electron chi connectivity index (χ3n) is 24.9. The molecular weight excluding hydrogens is 1690 g/mol. The van der Waals surface area contributed by atoms with E-state index in [-0.39, 0.29) is 7.43 Å². The number of hydrogen-bond acceptors (Lipinski definition) is 5. The summed E-state index contributed by atoms with van der Waals surface area (Å²) in [6, 6.07) is 180. The standard InChI is InChI=1S/C44H32O2P2.C44H32P2.C32H21OP.CH4.H2O2/c45-47(35-19-5-1-6-20-35,36-21-7-2-8-22-36)41-31-29-33-17-13-15-27-39(33)43(41)44-40-28-16-14-18-34(40)30-32-42(44)48(46,37-23-9-3-10-24-37)38-25-11-4-12-26-38;1-5-19-35(20-6-1)45(36-21-7-2-8-22-36)41-31-29-33-17-13-15-27-39(33)43(41)44-40-28-16-14-18-34(40)30-32-42(44)46(37-23-9-3-10-24-37)38-25-11-4-12-26-38;33-34(24-12-2-1-3-13-24)29-17-9-8-16-27(29)28-20-18-22-10-4-6-14-25(22)31(28)32-26-15-7-5-11-23(26)19-21-30(32)34;;1-2/h1-32H;1-32H;1-21H;1H4;1-2H. The molecule has 1 atom stereocenters. The molecule has 131 heavy (non-hydrogen) atoms. The highest BCUT2D eigenvalue weighted by Crippen LogP contribution is 2.57. The van der Waals surface area contributed by atoms with E-state index in [2.05, 4.69) is 322 Å². The molecule has 0 saturated carbocycles. The van der Waals surface area contributed by atoms with Gasteiger partial charge in [0.25, 0.3) is 0 Å². The Labute approximate surface area is 767 Å². The van der Waals surface area contributed by atoms with Crippen molar-refractivity contribution in [1.29, 1.82) is 0 Å². The van der Waals surface area contributed by atoms with Crippen LogP contribution in [0.25, 0.3) is 109 Å². The molecule has 22 aromatic carbocycles. The van der Waals surface area contributed by atoms with Gasteiger partial charge >= 0.3 is 0 Å². The lowest BCUT2D eigenvalue weighted by Crippen LogP contribution is -2.30. The smallest absolute Gasteiger partial charge is 0.172 e. The van der Waals surface area contributed by atoms with Gasteiger partial charge in [-0.1, -0.05) is 505 Å². The van der Waals surface area contributed by atoms with Crippen LogP contribution in [-0.2, 0) is 13.7 Å². The van der Waals surface area contributed by atoms with Gasteiger partial charge in [0.1, 0.15) is 0 Å². The number of hydrogen-bond donors (Lipinski definition) is 2. The molecule has 10 heteroatoms. The number of benzene rings is 22. The second-order valence-electron chi connectivity index (χ2n) is 32.1. The summed E-state index contributed by atoms with van der Waals surface area (Å²) in [5.74, 6) is 0. The van der Waals surface area contributed by atoms with Crippen LogP contribution in [0.2, 0.25) is 0 Å². The van der Waals surface area contributed by atoms with E-state index in [9.17, 15) is 0 Å².